The quantitative estimate of drug-likeness (QED) is 0.818. The van der Waals surface area contributed by atoms with Crippen LogP contribution in [-0.4, -0.2) is 49.8 Å². The van der Waals surface area contributed by atoms with Crippen LogP contribution in [0.15, 0.2) is 0 Å². The molecule has 0 atom stereocenters. The lowest BCUT2D eigenvalue weighted by Crippen LogP contribution is -2.49. The van der Waals surface area contributed by atoms with E-state index in [1.165, 1.54) is 4.31 Å². The van der Waals surface area contributed by atoms with Crippen molar-refractivity contribution >= 4 is 10.2 Å². The summed E-state index contributed by atoms with van der Waals surface area (Å²) in [5, 5.41) is 0. The third-order valence-corrected chi connectivity index (χ3v) is 6.20. The Kier molecular flexibility index (Phi) is 4.31. The third kappa shape index (κ3) is 3.04. The number of hydrogen-bond acceptors (Lipinski definition) is 3. The second-order valence-corrected chi connectivity index (χ2v) is 8.00. The first kappa shape index (κ1) is 14.2. The summed E-state index contributed by atoms with van der Waals surface area (Å²) in [6, 6.07) is 0.280. The second kappa shape index (κ2) is 5.45. The second-order valence-electron chi connectivity index (χ2n) is 5.97. The number of piperidine rings is 1. The van der Waals surface area contributed by atoms with E-state index in [1.807, 2.05) is 0 Å². The van der Waals surface area contributed by atoms with Gasteiger partial charge in [0.1, 0.15) is 0 Å². The average Bonchev–Trinajstić information content (AvgIpc) is 2.27. The molecular weight excluding hydrogens is 250 g/mol. The van der Waals surface area contributed by atoms with E-state index in [1.54, 1.807) is 11.4 Å². The highest BCUT2D eigenvalue weighted by Gasteiger charge is 2.34. The molecule has 1 saturated heterocycles. The zero-order valence-electron chi connectivity index (χ0n) is 11.4. The molecule has 1 aliphatic heterocycles. The predicted octanol–water partition coefficient (Wildman–Crippen LogP) is 0.632. The largest absolute Gasteiger partial charge is 0.328 e. The summed E-state index contributed by atoms with van der Waals surface area (Å²) < 4.78 is 27.9. The van der Waals surface area contributed by atoms with Crippen LogP contribution in [0.25, 0.3) is 0 Å². The van der Waals surface area contributed by atoms with Gasteiger partial charge in [-0.25, -0.2) is 0 Å². The number of rotatable bonds is 4. The molecule has 0 bridgehead atoms. The summed E-state index contributed by atoms with van der Waals surface area (Å²) in [5.74, 6) is 1.09. The highest BCUT2D eigenvalue weighted by atomic mass is 32.2. The first-order valence-electron chi connectivity index (χ1n) is 6.86. The molecule has 6 heteroatoms. The van der Waals surface area contributed by atoms with E-state index in [9.17, 15) is 8.42 Å². The molecule has 0 spiro atoms. The summed E-state index contributed by atoms with van der Waals surface area (Å²) in [7, 11) is -1.56. The van der Waals surface area contributed by atoms with Crippen LogP contribution in [0.1, 0.15) is 32.6 Å². The zero-order chi connectivity index (χ0) is 13.3. The maximum Gasteiger partial charge on any atom is 0.281 e. The summed E-state index contributed by atoms with van der Waals surface area (Å²) in [4.78, 5) is 0. The molecule has 0 aromatic rings. The van der Waals surface area contributed by atoms with E-state index in [0.29, 0.717) is 31.5 Å². The minimum Gasteiger partial charge on any atom is -0.328 e. The van der Waals surface area contributed by atoms with Crippen LogP contribution in [0, 0.1) is 11.8 Å². The maximum absolute atomic E-state index is 12.4. The Hall–Kier alpha value is -0.170. The molecule has 0 amide bonds. The van der Waals surface area contributed by atoms with Crippen LogP contribution in [0.2, 0.25) is 0 Å². The van der Waals surface area contributed by atoms with Gasteiger partial charge in [0.2, 0.25) is 0 Å². The topological polar surface area (TPSA) is 66.6 Å². The molecule has 1 heterocycles. The Balaban J connectivity index is 1.89. The van der Waals surface area contributed by atoms with Crippen LogP contribution in [0.4, 0.5) is 0 Å². The smallest absolute Gasteiger partial charge is 0.281 e. The molecule has 0 radical (unpaired) electrons. The van der Waals surface area contributed by atoms with Crippen molar-refractivity contribution in [3.63, 3.8) is 0 Å². The molecule has 2 N–H and O–H groups in total. The molecule has 0 aromatic carbocycles. The minimum atomic E-state index is -3.25. The van der Waals surface area contributed by atoms with Crippen LogP contribution in [0.3, 0.4) is 0 Å². The lowest BCUT2D eigenvalue weighted by atomic mass is 9.81. The van der Waals surface area contributed by atoms with Gasteiger partial charge in [0, 0.05) is 32.7 Å². The van der Waals surface area contributed by atoms with Gasteiger partial charge in [-0.1, -0.05) is 6.92 Å². The van der Waals surface area contributed by atoms with Crippen LogP contribution < -0.4 is 5.73 Å². The van der Waals surface area contributed by atoms with Crippen molar-refractivity contribution in [2.45, 2.75) is 38.6 Å². The highest BCUT2D eigenvalue weighted by Crippen LogP contribution is 2.28. The lowest BCUT2D eigenvalue weighted by Gasteiger charge is -2.37. The maximum atomic E-state index is 12.4. The molecule has 5 nitrogen and oxygen atoms in total. The summed E-state index contributed by atoms with van der Waals surface area (Å²) in [5.41, 5.74) is 5.73. The van der Waals surface area contributed by atoms with Gasteiger partial charge < -0.3 is 5.73 Å². The first-order valence-corrected chi connectivity index (χ1v) is 8.26. The van der Waals surface area contributed by atoms with Crippen molar-refractivity contribution in [2.24, 2.45) is 17.6 Å². The van der Waals surface area contributed by atoms with Gasteiger partial charge in [-0.3, -0.25) is 0 Å². The molecule has 1 saturated carbocycles. The van der Waals surface area contributed by atoms with E-state index in [-0.39, 0.29) is 6.04 Å². The molecule has 2 fully saturated rings. The fourth-order valence-corrected chi connectivity index (χ4v) is 4.27. The van der Waals surface area contributed by atoms with Gasteiger partial charge in [0.25, 0.3) is 10.2 Å². The minimum absolute atomic E-state index is 0.280. The third-order valence-electron chi connectivity index (χ3n) is 4.25. The van der Waals surface area contributed by atoms with E-state index in [0.717, 1.165) is 25.7 Å². The predicted molar refractivity (Wildman–Crippen MR) is 72.2 cm³/mol. The van der Waals surface area contributed by atoms with Crippen molar-refractivity contribution in [2.75, 3.05) is 26.7 Å². The van der Waals surface area contributed by atoms with Crippen molar-refractivity contribution in [1.82, 2.24) is 8.61 Å². The molecule has 1 aliphatic carbocycles. The Morgan fingerprint density at radius 2 is 1.83 bits per heavy atom. The molecular formula is C12H25N3O2S. The molecule has 0 unspecified atom stereocenters. The first-order chi connectivity index (χ1) is 8.39. The summed E-state index contributed by atoms with van der Waals surface area (Å²) in [6.07, 6.45) is 3.86. The highest BCUT2D eigenvalue weighted by molar-refractivity contribution is 7.86. The Morgan fingerprint density at radius 1 is 1.28 bits per heavy atom. The van der Waals surface area contributed by atoms with E-state index < -0.39 is 10.2 Å². The molecule has 106 valence electrons. The van der Waals surface area contributed by atoms with Gasteiger partial charge >= 0.3 is 0 Å². The van der Waals surface area contributed by atoms with E-state index in [4.69, 9.17) is 5.73 Å². The van der Waals surface area contributed by atoms with Gasteiger partial charge in [-0.15, -0.1) is 0 Å². The summed E-state index contributed by atoms with van der Waals surface area (Å²) >= 11 is 0. The van der Waals surface area contributed by atoms with E-state index in [2.05, 4.69) is 6.92 Å². The molecule has 18 heavy (non-hydrogen) atoms. The van der Waals surface area contributed by atoms with Crippen molar-refractivity contribution in [1.29, 1.82) is 0 Å². The van der Waals surface area contributed by atoms with Gasteiger partial charge in [-0.05, 0) is 37.5 Å². The fraction of sp³-hybridized carbons (Fsp3) is 1.00. The Labute approximate surface area is 110 Å². The van der Waals surface area contributed by atoms with Gasteiger partial charge in [-0.2, -0.15) is 17.0 Å². The fourth-order valence-electron chi connectivity index (χ4n) is 2.81. The number of nitrogens with zero attached hydrogens (tertiary/aromatic N) is 2. The van der Waals surface area contributed by atoms with Crippen molar-refractivity contribution in [3.8, 4) is 0 Å². The normalized spacial score (nSPS) is 31.6. The Morgan fingerprint density at radius 3 is 2.33 bits per heavy atom. The number of hydrogen-bond donors (Lipinski definition) is 1. The van der Waals surface area contributed by atoms with E-state index >= 15 is 0 Å². The SMILES string of the molecule is CC1CCN(S(=O)(=O)N(C)CC2CC(N)C2)CC1. The van der Waals surface area contributed by atoms with Crippen LogP contribution >= 0.6 is 0 Å². The summed E-state index contributed by atoms with van der Waals surface area (Å²) in [6.45, 7) is 4.13. The zero-order valence-corrected chi connectivity index (χ0v) is 12.2. The standard InChI is InChI=1S/C12H25N3O2S/c1-10-3-5-15(6-4-10)18(16,17)14(2)9-11-7-12(13)8-11/h10-12H,3-9,13H2,1-2H3. The van der Waals surface area contributed by atoms with Crippen molar-refractivity contribution in [3.05, 3.63) is 0 Å². The molecule has 2 aliphatic rings. The Bertz CT molecular complexity index is 371. The van der Waals surface area contributed by atoms with Gasteiger partial charge in [0.15, 0.2) is 0 Å². The van der Waals surface area contributed by atoms with Gasteiger partial charge in [0.05, 0.1) is 0 Å². The number of nitrogens with two attached hydrogens (primary N) is 1. The van der Waals surface area contributed by atoms with Crippen molar-refractivity contribution < 1.29 is 8.42 Å². The average molecular weight is 275 g/mol. The lowest BCUT2D eigenvalue weighted by molar-refractivity contribution is 0.213. The molecule has 0 aromatic heterocycles. The van der Waals surface area contributed by atoms with Crippen LogP contribution in [0.5, 0.6) is 0 Å². The molecule has 2 rings (SSSR count). The monoisotopic (exact) mass is 275 g/mol. The van der Waals surface area contributed by atoms with Crippen LogP contribution in [-0.2, 0) is 10.2 Å².